The number of aliphatic hydroxyl groups excluding tert-OH is 1. The van der Waals surface area contributed by atoms with Crippen LogP contribution in [0.1, 0.15) is 54.2 Å². The molecule has 3 aromatic carbocycles. The number of nitrogens with zero attached hydrogens (tertiary/aromatic N) is 1. The van der Waals surface area contributed by atoms with Gasteiger partial charge in [0, 0.05) is 24.1 Å². The second-order valence-electron chi connectivity index (χ2n) is 10.8. The predicted molar refractivity (Wildman–Crippen MR) is 161 cm³/mol. The molecule has 1 saturated heterocycles. The molecule has 1 unspecified atom stereocenters. The van der Waals surface area contributed by atoms with E-state index in [0.29, 0.717) is 11.3 Å². The highest BCUT2D eigenvalue weighted by atomic mass is 32.2. The summed E-state index contributed by atoms with van der Waals surface area (Å²) in [7, 11) is -3.41. The van der Waals surface area contributed by atoms with E-state index in [1.54, 1.807) is 17.0 Å². The number of anilines is 1. The van der Waals surface area contributed by atoms with Gasteiger partial charge >= 0.3 is 12.3 Å². The fourth-order valence-corrected chi connectivity index (χ4v) is 5.91. The quantitative estimate of drug-likeness (QED) is 0.215. The lowest BCUT2D eigenvalue weighted by Crippen LogP contribution is -2.36. The Morgan fingerprint density at radius 2 is 1.61 bits per heavy atom. The summed E-state index contributed by atoms with van der Waals surface area (Å²) in [6, 6.07) is 15.0. The van der Waals surface area contributed by atoms with Crippen molar-refractivity contribution >= 4 is 21.4 Å². The minimum Gasteiger partial charge on any atom is -0.489 e. The van der Waals surface area contributed by atoms with Crippen LogP contribution >= 0.6 is 0 Å². The van der Waals surface area contributed by atoms with Gasteiger partial charge in [-0.05, 0) is 66.2 Å². The first-order valence-electron chi connectivity index (χ1n) is 14.6. The summed E-state index contributed by atoms with van der Waals surface area (Å²) in [5.74, 6) is -0.375. The maximum absolute atomic E-state index is 13.9. The number of aliphatic hydroxyl groups is 1. The minimum atomic E-state index is -4.50. The lowest BCUT2D eigenvalue weighted by atomic mass is 10.1. The molecule has 4 rings (SSSR count). The normalized spacial score (nSPS) is 18.0. The van der Waals surface area contributed by atoms with Gasteiger partial charge in [0.05, 0.1) is 48.1 Å². The number of alkyl halides is 5. The summed E-state index contributed by atoms with van der Waals surface area (Å²) in [6.07, 6.45) is -8.66. The number of rotatable bonds is 13. The molecule has 8 nitrogen and oxygen atoms in total. The summed E-state index contributed by atoms with van der Waals surface area (Å²) in [5.41, 5.74) is 0.505. The SMILES string of the molecule is CCC(F)(F)OC[C@@H]1C[C@H](Oc2ccc(C(F)(F)F)cc2)CN1c1ccc(C(=O)NC(CO)c2ccc(S(=O)(=O)CC)cc2)cc1. The van der Waals surface area contributed by atoms with E-state index in [9.17, 15) is 40.3 Å². The molecular formula is C32H35F5N2O6S. The topological polar surface area (TPSA) is 105 Å². The summed E-state index contributed by atoms with van der Waals surface area (Å²) in [5, 5.41) is 12.6. The molecule has 1 fully saturated rings. The van der Waals surface area contributed by atoms with Gasteiger partial charge in [-0.15, -0.1) is 0 Å². The summed E-state index contributed by atoms with van der Waals surface area (Å²) >= 11 is 0. The van der Waals surface area contributed by atoms with Gasteiger partial charge in [0.15, 0.2) is 9.84 Å². The van der Waals surface area contributed by atoms with Crippen molar-refractivity contribution in [1.29, 1.82) is 0 Å². The lowest BCUT2D eigenvalue weighted by Gasteiger charge is -2.28. The molecule has 0 saturated carbocycles. The molecule has 3 aromatic rings. The third-order valence-corrected chi connectivity index (χ3v) is 9.48. The van der Waals surface area contributed by atoms with Crippen molar-refractivity contribution in [3.05, 3.63) is 89.5 Å². The predicted octanol–water partition coefficient (Wildman–Crippen LogP) is 6.01. The number of carbonyl (C=O) groups is 1. The largest absolute Gasteiger partial charge is 0.489 e. The van der Waals surface area contributed by atoms with Crippen LogP contribution in [-0.2, 0) is 20.8 Å². The molecule has 2 N–H and O–H groups in total. The molecule has 3 atom stereocenters. The molecule has 1 heterocycles. The van der Waals surface area contributed by atoms with Crippen molar-refractivity contribution in [3.8, 4) is 5.75 Å². The second-order valence-corrected chi connectivity index (χ2v) is 13.1. The van der Waals surface area contributed by atoms with E-state index in [1.165, 1.54) is 62.4 Å². The third-order valence-electron chi connectivity index (χ3n) is 7.73. The number of benzene rings is 3. The van der Waals surface area contributed by atoms with Crippen molar-refractivity contribution < 1.29 is 49.7 Å². The third kappa shape index (κ3) is 8.74. The first-order valence-corrected chi connectivity index (χ1v) is 16.3. The van der Waals surface area contributed by atoms with E-state index in [0.717, 1.165) is 12.1 Å². The molecular weight excluding hydrogens is 635 g/mol. The number of sulfone groups is 1. The molecule has 46 heavy (non-hydrogen) atoms. The highest BCUT2D eigenvalue weighted by molar-refractivity contribution is 7.91. The Hall–Kier alpha value is -3.75. The summed E-state index contributed by atoms with van der Waals surface area (Å²) < 4.78 is 102. The van der Waals surface area contributed by atoms with Crippen molar-refractivity contribution in [2.45, 2.75) is 62.1 Å². The fourth-order valence-electron chi connectivity index (χ4n) is 5.02. The van der Waals surface area contributed by atoms with E-state index < -0.39 is 64.8 Å². The molecule has 14 heteroatoms. The van der Waals surface area contributed by atoms with Crippen LogP contribution in [0.15, 0.2) is 77.7 Å². The van der Waals surface area contributed by atoms with Gasteiger partial charge in [-0.25, -0.2) is 8.42 Å². The Kier molecular flexibility index (Phi) is 11.0. The smallest absolute Gasteiger partial charge is 0.416 e. The Morgan fingerprint density at radius 3 is 2.15 bits per heavy atom. The van der Waals surface area contributed by atoms with Crippen molar-refractivity contribution in [2.24, 2.45) is 0 Å². The molecule has 0 aromatic heterocycles. The van der Waals surface area contributed by atoms with Crippen molar-refractivity contribution in [2.75, 3.05) is 30.4 Å². The number of hydrogen-bond donors (Lipinski definition) is 2. The van der Waals surface area contributed by atoms with E-state index in [-0.39, 0.29) is 41.5 Å². The zero-order valence-electron chi connectivity index (χ0n) is 25.1. The second kappa shape index (κ2) is 14.3. The minimum absolute atomic E-state index is 0.0637. The monoisotopic (exact) mass is 670 g/mol. The maximum Gasteiger partial charge on any atom is 0.416 e. The first kappa shape index (κ1) is 35.1. The zero-order valence-corrected chi connectivity index (χ0v) is 26.0. The molecule has 0 radical (unpaired) electrons. The zero-order chi connectivity index (χ0) is 33.7. The Balaban J connectivity index is 1.46. The average Bonchev–Trinajstić information content (AvgIpc) is 3.45. The van der Waals surface area contributed by atoms with E-state index in [4.69, 9.17) is 9.47 Å². The number of hydrogen-bond acceptors (Lipinski definition) is 7. The van der Waals surface area contributed by atoms with E-state index in [1.807, 2.05) is 0 Å². The highest BCUT2D eigenvalue weighted by Crippen LogP contribution is 2.33. The van der Waals surface area contributed by atoms with Crippen LogP contribution in [0.2, 0.25) is 0 Å². The van der Waals surface area contributed by atoms with Gasteiger partial charge in [0.1, 0.15) is 11.9 Å². The van der Waals surface area contributed by atoms with Crippen LogP contribution in [0.4, 0.5) is 27.6 Å². The van der Waals surface area contributed by atoms with Crippen molar-refractivity contribution in [1.82, 2.24) is 5.32 Å². The number of amides is 1. The molecule has 0 aliphatic carbocycles. The first-order chi connectivity index (χ1) is 21.7. The van der Waals surface area contributed by atoms with E-state index >= 15 is 0 Å². The van der Waals surface area contributed by atoms with Crippen LogP contribution in [0, 0.1) is 0 Å². The van der Waals surface area contributed by atoms with Crippen LogP contribution in [0.3, 0.4) is 0 Å². The average molecular weight is 671 g/mol. The highest BCUT2D eigenvalue weighted by Gasteiger charge is 2.37. The molecule has 1 aliphatic heterocycles. The number of carbonyl (C=O) groups excluding carboxylic acids is 1. The number of halogens is 5. The molecule has 1 aliphatic rings. The number of ether oxygens (including phenoxy) is 2. The Labute approximate surface area is 264 Å². The molecule has 0 bridgehead atoms. The van der Waals surface area contributed by atoms with Crippen LogP contribution in [-0.4, -0.2) is 63.2 Å². The summed E-state index contributed by atoms with van der Waals surface area (Å²) in [6.45, 7) is 2.26. The summed E-state index contributed by atoms with van der Waals surface area (Å²) in [4.78, 5) is 14.9. The molecule has 0 spiro atoms. The number of nitrogens with one attached hydrogen (secondary N) is 1. The van der Waals surface area contributed by atoms with Gasteiger partial charge in [0.25, 0.3) is 5.91 Å². The van der Waals surface area contributed by atoms with Gasteiger partial charge < -0.3 is 24.8 Å². The van der Waals surface area contributed by atoms with Crippen LogP contribution in [0.5, 0.6) is 5.75 Å². The van der Waals surface area contributed by atoms with Gasteiger partial charge in [-0.1, -0.05) is 26.0 Å². The molecule has 250 valence electrons. The van der Waals surface area contributed by atoms with Crippen molar-refractivity contribution in [3.63, 3.8) is 0 Å². The lowest BCUT2D eigenvalue weighted by molar-refractivity contribution is -0.241. The maximum atomic E-state index is 13.9. The van der Waals surface area contributed by atoms with E-state index in [2.05, 4.69) is 5.32 Å². The van der Waals surface area contributed by atoms with Gasteiger partial charge in [-0.2, -0.15) is 22.0 Å². The Morgan fingerprint density at radius 1 is 0.978 bits per heavy atom. The van der Waals surface area contributed by atoms with Gasteiger partial charge in [-0.3, -0.25) is 4.79 Å². The standard InChI is InChI=1S/C32H35F5N2O6S/c1-3-31(33,34)44-20-25-17-27(45-26-13-9-23(10-14-26)32(35,36)37)18-39(25)24-11-5-22(6-12-24)30(41)38-29(19-40)21-7-15-28(16-8-21)46(42,43)4-2/h5-16,25,27,29,40H,3-4,17-20H2,1-2H3,(H,38,41)/t25-,27-,29?/m0/s1. The fraction of sp³-hybridized carbons (Fsp3) is 0.406. The van der Waals surface area contributed by atoms with Gasteiger partial charge in [0.2, 0.25) is 0 Å². The molecule has 1 amide bonds. The van der Waals surface area contributed by atoms with Crippen LogP contribution < -0.4 is 15.0 Å². The Bertz CT molecular complexity index is 1570. The van der Waals surface area contributed by atoms with Crippen LogP contribution in [0.25, 0.3) is 0 Å².